The van der Waals surface area contributed by atoms with Gasteiger partial charge < -0.3 is 19.7 Å². The fourth-order valence-electron chi connectivity index (χ4n) is 3.78. The summed E-state index contributed by atoms with van der Waals surface area (Å²) in [5, 5.41) is 2.95. The van der Waals surface area contributed by atoms with Crippen molar-refractivity contribution in [1.82, 2.24) is 10.3 Å². The first kappa shape index (κ1) is 13.7. The number of carbonyl (C=O) groups excluding carboxylic acids is 1. The van der Waals surface area contributed by atoms with E-state index in [1.54, 1.807) is 0 Å². The summed E-state index contributed by atoms with van der Waals surface area (Å²) in [5.74, 6) is 2.25. The lowest BCUT2D eigenvalue weighted by Gasteiger charge is -2.20. The summed E-state index contributed by atoms with van der Waals surface area (Å²) in [7, 11) is 0. The summed E-state index contributed by atoms with van der Waals surface area (Å²) in [4.78, 5) is 18.6. The van der Waals surface area contributed by atoms with E-state index in [0.29, 0.717) is 5.92 Å². The van der Waals surface area contributed by atoms with Gasteiger partial charge in [0.25, 0.3) is 0 Å². The minimum atomic E-state index is 0.118. The molecule has 2 atom stereocenters. The number of benzene rings is 1. The van der Waals surface area contributed by atoms with Gasteiger partial charge in [0.2, 0.25) is 12.7 Å². The molecule has 2 fully saturated rings. The molecule has 24 heavy (non-hydrogen) atoms. The molecule has 4 heterocycles. The maximum absolute atomic E-state index is 11.9. The van der Waals surface area contributed by atoms with Gasteiger partial charge in [-0.1, -0.05) is 0 Å². The highest BCUT2D eigenvalue weighted by atomic mass is 16.7. The predicted molar refractivity (Wildman–Crippen MR) is 88.0 cm³/mol. The van der Waals surface area contributed by atoms with E-state index >= 15 is 0 Å². The van der Waals surface area contributed by atoms with Crippen LogP contribution in [-0.2, 0) is 4.79 Å². The number of hydrogen-bond acceptors (Lipinski definition) is 5. The van der Waals surface area contributed by atoms with E-state index < -0.39 is 0 Å². The quantitative estimate of drug-likeness (QED) is 0.911. The number of fused-ring (bicyclic) bond motifs is 2. The molecule has 2 aromatic rings. The summed E-state index contributed by atoms with van der Waals surface area (Å²) in [6, 6.07) is 9.95. The van der Waals surface area contributed by atoms with Crippen LogP contribution < -0.4 is 19.7 Å². The van der Waals surface area contributed by atoms with E-state index in [9.17, 15) is 4.79 Å². The molecular weight excluding hydrogens is 306 g/mol. The molecule has 1 aromatic heterocycles. The highest BCUT2D eigenvalue weighted by Crippen LogP contribution is 2.37. The van der Waals surface area contributed by atoms with Crippen LogP contribution >= 0.6 is 0 Å². The molecule has 6 heteroatoms. The number of aromatic nitrogens is 1. The number of nitrogens with zero attached hydrogens (tertiary/aromatic N) is 2. The van der Waals surface area contributed by atoms with Gasteiger partial charge in [0.15, 0.2) is 11.5 Å². The fourth-order valence-corrected chi connectivity index (χ4v) is 3.78. The molecule has 1 aromatic carbocycles. The maximum atomic E-state index is 11.9. The van der Waals surface area contributed by atoms with Gasteiger partial charge in [0.1, 0.15) is 0 Å². The lowest BCUT2D eigenvalue weighted by Crippen LogP contribution is -2.28. The third-order valence-electron chi connectivity index (χ3n) is 5.09. The second-order valence-electron chi connectivity index (χ2n) is 6.48. The SMILES string of the molecule is O=C1NC[C@H]2CN(c3ccnc(-c4ccc5c(c4)OCO5)c3)C[C@@H]12. The van der Waals surface area contributed by atoms with Gasteiger partial charge in [0, 0.05) is 43.0 Å². The second kappa shape index (κ2) is 5.12. The first-order chi connectivity index (χ1) is 11.8. The van der Waals surface area contributed by atoms with Crippen LogP contribution in [0.3, 0.4) is 0 Å². The van der Waals surface area contributed by atoms with E-state index in [2.05, 4.69) is 21.3 Å². The smallest absolute Gasteiger partial charge is 0.231 e. The van der Waals surface area contributed by atoms with Gasteiger partial charge in [-0.15, -0.1) is 0 Å². The van der Waals surface area contributed by atoms with Gasteiger partial charge in [-0.05, 0) is 30.3 Å². The van der Waals surface area contributed by atoms with Crippen molar-refractivity contribution < 1.29 is 14.3 Å². The fraction of sp³-hybridized carbons (Fsp3) is 0.333. The number of ether oxygens (including phenoxy) is 2. The van der Waals surface area contributed by atoms with E-state index in [1.165, 1.54) is 0 Å². The van der Waals surface area contributed by atoms with Crippen LogP contribution in [0.1, 0.15) is 0 Å². The Balaban J connectivity index is 1.44. The molecule has 0 aliphatic carbocycles. The van der Waals surface area contributed by atoms with Crippen LogP contribution in [-0.4, -0.2) is 37.3 Å². The van der Waals surface area contributed by atoms with Crippen molar-refractivity contribution in [2.24, 2.45) is 11.8 Å². The van der Waals surface area contributed by atoms with E-state index in [-0.39, 0.29) is 18.6 Å². The van der Waals surface area contributed by atoms with Crippen molar-refractivity contribution >= 4 is 11.6 Å². The molecule has 0 bridgehead atoms. The number of rotatable bonds is 2. The standard InChI is InChI=1S/C18H17N3O3/c22-18-14-9-21(8-12(14)7-20-18)13-3-4-19-15(6-13)11-1-2-16-17(5-11)24-10-23-16/h1-6,12,14H,7-10H2,(H,20,22)/t12-,14+/m0/s1. The normalized spacial score (nSPS) is 24.2. The van der Waals surface area contributed by atoms with Crippen LogP contribution in [0.25, 0.3) is 11.3 Å². The molecule has 1 N–H and O–H groups in total. The molecule has 0 spiro atoms. The highest BCUT2D eigenvalue weighted by Gasteiger charge is 2.42. The van der Waals surface area contributed by atoms with E-state index in [4.69, 9.17) is 9.47 Å². The Morgan fingerprint density at radius 1 is 1.12 bits per heavy atom. The van der Waals surface area contributed by atoms with Crippen molar-refractivity contribution in [3.8, 4) is 22.8 Å². The maximum Gasteiger partial charge on any atom is 0.231 e. The Bertz CT molecular complexity index is 823. The first-order valence-corrected chi connectivity index (χ1v) is 8.17. The summed E-state index contributed by atoms with van der Waals surface area (Å²) < 4.78 is 10.8. The van der Waals surface area contributed by atoms with Crippen molar-refractivity contribution in [1.29, 1.82) is 0 Å². The molecule has 122 valence electrons. The zero-order valence-corrected chi connectivity index (χ0v) is 13.1. The average molecular weight is 323 g/mol. The minimum Gasteiger partial charge on any atom is -0.454 e. The van der Waals surface area contributed by atoms with Gasteiger partial charge >= 0.3 is 0 Å². The molecule has 0 radical (unpaired) electrons. The number of carbonyl (C=O) groups is 1. The summed E-state index contributed by atoms with van der Waals surface area (Å²) in [6.07, 6.45) is 1.82. The third-order valence-corrected chi connectivity index (χ3v) is 5.09. The summed E-state index contributed by atoms with van der Waals surface area (Å²) >= 11 is 0. The zero-order valence-electron chi connectivity index (χ0n) is 13.1. The van der Waals surface area contributed by atoms with E-state index in [1.807, 2.05) is 30.5 Å². The van der Waals surface area contributed by atoms with Crippen LogP contribution in [0.15, 0.2) is 36.5 Å². The molecule has 3 aliphatic heterocycles. The third kappa shape index (κ3) is 2.10. The Hall–Kier alpha value is -2.76. The lowest BCUT2D eigenvalue weighted by molar-refractivity contribution is -0.122. The van der Waals surface area contributed by atoms with Crippen molar-refractivity contribution in [3.63, 3.8) is 0 Å². The van der Waals surface area contributed by atoms with E-state index in [0.717, 1.165) is 48.1 Å². The second-order valence-corrected chi connectivity index (χ2v) is 6.48. The van der Waals surface area contributed by atoms with Crippen LogP contribution in [0, 0.1) is 11.8 Å². The van der Waals surface area contributed by atoms with Gasteiger partial charge in [-0.2, -0.15) is 0 Å². The summed E-state index contributed by atoms with van der Waals surface area (Å²) in [5.41, 5.74) is 3.01. The molecule has 3 aliphatic rings. The molecule has 0 unspecified atom stereocenters. The number of pyridine rings is 1. The minimum absolute atomic E-state index is 0.118. The Kier molecular flexibility index (Phi) is 2.92. The monoisotopic (exact) mass is 323 g/mol. The number of amides is 1. The van der Waals surface area contributed by atoms with Crippen LogP contribution in [0.5, 0.6) is 11.5 Å². The number of nitrogens with one attached hydrogen (secondary N) is 1. The van der Waals surface area contributed by atoms with Crippen LogP contribution in [0.4, 0.5) is 5.69 Å². The highest BCUT2D eigenvalue weighted by molar-refractivity contribution is 5.83. The molecule has 5 rings (SSSR count). The van der Waals surface area contributed by atoms with Crippen molar-refractivity contribution in [2.45, 2.75) is 0 Å². The zero-order chi connectivity index (χ0) is 16.1. The molecular formula is C18H17N3O3. The Morgan fingerprint density at radius 2 is 2.04 bits per heavy atom. The van der Waals surface area contributed by atoms with Crippen LogP contribution in [0.2, 0.25) is 0 Å². The van der Waals surface area contributed by atoms with Gasteiger partial charge in [-0.3, -0.25) is 9.78 Å². The van der Waals surface area contributed by atoms with Crippen molar-refractivity contribution in [2.75, 3.05) is 31.3 Å². The lowest BCUT2D eigenvalue weighted by atomic mass is 10.0. The first-order valence-electron chi connectivity index (χ1n) is 8.17. The average Bonchev–Trinajstić information content (AvgIpc) is 3.32. The van der Waals surface area contributed by atoms with Crippen molar-refractivity contribution in [3.05, 3.63) is 36.5 Å². The Morgan fingerprint density at radius 3 is 2.96 bits per heavy atom. The predicted octanol–water partition coefficient (Wildman–Crippen LogP) is 1.66. The largest absolute Gasteiger partial charge is 0.454 e. The number of anilines is 1. The summed E-state index contributed by atoms with van der Waals surface area (Å²) in [6.45, 7) is 2.75. The molecule has 6 nitrogen and oxygen atoms in total. The Labute approximate surface area is 139 Å². The molecule has 1 amide bonds. The van der Waals surface area contributed by atoms with Gasteiger partial charge in [-0.25, -0.2) is 0 Å². The number of hydrogen-bond donors (Lipinski definition) is 1. The topological polar surface area (TPSA) is 63.7 Å². The van der Waals surface area contributed by atoms with Gasteiger partial charge in [0.05, 0.1) is 11.6 Å². The molecule has 0 saturated carbocycles. The molecule has 2 saturated heterocycles.